The number of rotatable bonds is 7. The SMILES string of the molecule is CC(=O)Nc1cccc(OC(C(=O)Nc2cccc(C(=N)N)c2)c2ccccc2)c1. The predicted octanol–water partition coefficient (Wildman–Crippen LogP) is 3.69. The maximum absolute atomic E-state index is 13.1. The van der Waals surface area contributed by atoms with E-state index < -0.39 is 6.10 Å². The largest absolute Gasteiger partial charge is 0.476 e. The molecule has 0 aliphatic carbocycles. The molecule has 152 valence electrons. The van der Waals surface area contributed by atoms with Gasteiger partial charge in [0.25, 0.3) is 5.91 Å². The lowest BCUT2D eigenvalue weighted by Crippen LogP contribution is -2.26. The fourth-order valence-electron chi connectivity index (χ4n) is 2.86. The van der Waals surface area contributed by atoms with Gasteiger partial charge in [-0.05, 0) is 24.3 Å². The van der Waals surface area contributed by atoms with Crippen LogP contribution in [0.15, 0.2) is 78.9 Å². The molecule has 3 aromatic rings. The Labute approximate surface area is 174 Å². The molecule has 3 rings (SSSR count). The zero-order chi connectivity index (χ0) is 21.5. The van der Waals surface area contributed by atoms with Gasteiger partial charge in [-0.25, -0.2) is 0 Å². The highest BCUT2D eigenvalue weighted by molar-refractivity contribution is 5.99. The van der Waals surface area contributed by atoms with Crippen LogP contribution < -0.4 is 21.1 Å². The summed E-state index contributed by atoms with van der Waals surface area (Å²) in [6.07, 6.45) is -0.931. The third-order valence-electron chi connectivity index (χ3n) is 4.19. The maximum Gasteiger partial charge on any atom is 0.270 e. The van der Waals surface area contributed by atoms with Crippen molar-refractivity contribution >= 4 is 29.0 Å². The molecule has 1 atom stereocenters. The summed E-state index contributed by atoms with van der Waals surface area (Å²) in [6, 6.07) is 22.7. The molecule has 2 amide bonds. The van der Waals surface area contributed by atoms with Crippen molar-refractivity contribution in [1.82, 2.24) is 0 Å². The van der Waals surface area contributed by atoms with E-state index in [1.165, 1.54) is 6.92 Å². The molecule has 0 heterocycles. The van der Waals surface area contributed by atoms with Crippen molar-refractivity contribution < 1.29 is 14.3 Å². The highest BCUT2D eigenvalue weighted by atomic mass is 16.5. The number of benzene rings is 3. The van der Waals surface area contributed by atoms with Crippen molar-refractivity contribution in [2.45, 2.75) is 13.0 Å². The Morgan fingerprint density at radius 1 is 0.900 bits per heavy atom. The molecule has 0 aliphatic heterocycles. The fraction of sp³-hybridized carbons (Fsp3) is 0.0870. The third-order valence-corrected chi connectivity index (χ3v) is 4.19. The molecule has 0 radical (unpaired) electrons. The molecule has 0 aliphatic rings. The summed E-state index contributed by atoms with van der Waals surface area (Å²) in [7, 11) is 0. The van der Waals surface area contributed by atoms with Crippen molar-refractivity contribution in [2.75, 3.05) is 10.6 Å². The van der Waals surface area contributed by atoms with Crippen LogP contribution in [0.2, 0.25) is 0 Å². The van der Waals surface area contributed by atoms with E-state index in [0.29, 0.717) is 28.3 Å². The quantitative estimate of drug-likeness (QED) is 0.356. The van der Waals surface area contributed by atoms with Gasteiger partial charge in [-0.1, -0.05) is 48.5 Å². The Morgan fingerprint density at radius 3 is 2.23 bits per heavy atom. The van der Waals surface area contributed by atoms with Crippen LogP contribution in [0.25, 0.3) is 0 Å². The van der Waals surface area contributed by atoms with E-state index in [1.54, 1.807) is 60.7 Å². The Kier molecular flexibility index (Phi) is 6.44. The van der Waals surface area contributed by atoms with Gasteiger partial charge in [0, 0.05) is 35.5 Å². The summed E-state index contributed by atoms with van der Waals surface area (Å²) in [6.45, 7) is 1.42. The number of nitrogens with two attached hydrogens (primary N) is 1. The Balaban J connectivity index is 1.86. The third kappa shape index (κ3) is 5.45. The van der Waals surface area contributed by atoms with Crippen LogP contribution in [-0.4, -0.2) is 17.6 Å². The lowest BCUT2D eigenvalue weighted by molar-refractivity contribution is -0.123. The summed E-state index contributed by atoms with van der Waals surface area (Å²) < 4.78 is 6.00. The van der Waals surface area contributed by atoms with Crippen molar-refractivity contribution in [3.63, 3.8) is 0 Å². The number of amidine groups is 1. The minimum Gasteiger partial charge on any atom is -0.476 e. The van der Waals surface area contributed by atoms with Crippen molar-refractivity contribution in [3.05, 3.63) is 90.0 Å². The second kappa shape index (κ2) is 9.38. The summed E-state index contributed by atoms with van der Waals surface area (Å²) >= 11 is 0. The monoisotopic (exact) mass is 402 g/mol. The van der Waals surface area contributed by atoms with Crippen LogP contribution in [0.4, 0.5) is 11.4 Å². The average molecular weight is 402 g/mol. The summed E-state index contributed by atoms with van der Waals surface area (Å²) in [5, 5.41) is 13.1. The second-order valence-electron chi connectivity index (χ2n) is 6.60. The topological polar surface area (TPSA) is 117 Å². The van der Waals surface area contributed by atoms with E-state index in [-0.39, 0.29) is 17.6 Å². The van der Waals surface area contributed by atoms with E-state index in [9.17, 15) is 9.59 Å². The maximum atomic E-state index is 13.1. The van der Waals surface area contributed by atoms with E-state index in [2.05, 4.69) is 10.6 Å². The van der Waals surface area contributed by atoms with Crippen LogP contribution in [0, 0.1) is 5.41 Å². The molecular formula is C23H22N4O3. The van der Waals surface area contributed by atoms with Crippen LogP contribution in [-0.2, 0) is 9.59 Å². The van der Waals surface area contributed by atoms with Crippen LogP contribution in [0.1, 0.15) is 24.2 Å². The predicted molar refractivity (Wildman–Crippen MR) is 117 cm³/mol. The molecule has 30 heavy (non-hydrogen) atoms. The molecule has 0 aromatic heterocycles. The highest BCUT2D eigenvalue weighted by Gasteiger charge is 2.23. The van der Waals surface area contributed by atoms with E-state index in [0.717, 1.165) is 0 Å². The molecule has 1 unspecified atom stereocenters. The number of ether oxygens (including phenoxy) is 1. The number of hydrogen-bond donors (Lipinski definition) is 4. The van der Waals surface area contributed by atoms with Gasteiger partial charge in [0.15, 0.2) is 0 Å². The number of anilines is 2. The summed E-state index contributed by atoms with van der Waals surface area (Å²) in [5.41, 5.74) is 7.78. The molecule has 5 N–H and O–H groups in total. The number of nitrogens with one attached hydrogen (secondary N) is 3. The van der Waals surface area contributed by atoms with Gasteiger partial charge in [-0.3, -0.25) is 15.0 Å². The first-order chi connectivity index (χ1) is 14.4. The molecule has 0 saturated carbocycles. The van der Waals surface area contributed by atoms with Gasteiger partial charge >= 0.3 is 0 Å². The van der Waals surface area contributed by atoms with E-state index in [4.69, 9.17) is 15.9 Å². The van der Waals surface area contributed by atoms with E-state index in [1.807, 2.05) is 18.2 Å². The normalized spacial score (nSPS) is 11.2. The van der Waals surface area contributed by atoms with Crippen LogP contribution in [0.5, 0.6) is 5.75 Å². The molecule has 7 heteroatoms. The molecule has 7 nitrogen and oxygen atoms in total. The minimum atomic E-state index is -0.931. The molecular weight excluding hydrogens is 380 g/mol. The fourth-order valence-corrected chi connectivity index (χ4v) is 2.86. The first-order valence-corrected chi connectivity index (χ1v) is 9.27. The molecule has 0 bridgehead atoms. The average Bonchev–Trinajstić information content (AvgIpc) is 2.72. The van der Waals surface area contributed by atoms with Gasteiger partial charge in [0.2, 0.25) is 12.0 Å². The first-order valence-electron chi connectivity index (χ1n) is 9.27. The highest BCUT2D eigenvalue weighted by Crippen LogP contribution is 2.26. The molecule has 3 aromatic carbocycles. The van der Waals surface area contributed by atoms with Gasteiger partial charge in [0.1, 0.15) is 11.6 Å². The van der Waals surface area contributed by atoms with Gasteiger partial charge in [-0.15, -0.1) is 0 Å². The molecule has 0 fully saturated rings. The van der Waals surface area contributed by atoms with Crippen LogP contribution >= 0.6 is 0 Å². The van der Waals surface area contributed by atoms with Crippen LogP contribution in [0.3, 0.4) is 0 Å². The minimum absolute atomic E-state index is 0.0863. The van der Waals surface area contributed by atoms with Gasteiger partial charge < -0.3 is 21.1 Å². The van der Waals surface area contributed by atoms with Crippen molar-refractivity contribution in [1.29, 1.82) is 5.41 Å². The summed E-state index contributed by atoms with van der Waals surface area (Å²) in [5.74, 6) is -0.235. The zero-order valence-electron chi connectivity index (χ0n) is 16.4. The lowest BCUT2D eigenvalue weighted by atomic mass is 10.1. The number of carbonyl (C=O) groups is 2. The number of amides is 2. The second-order valence-corrected chi connectivity index (χ2v) is 6.60. The number of carbonyl (C=O) groups excluding carboxylic acids is 2. The number of hydrogen-bond acceptors (Lipinski definition) is 4. The number of nitrogen functional groups attached to an aromatic ring is 1. The Morgan fingerprint density at radius 2 is 1.57 bits per heavy atom. The van der Waals surface area contributed by atoms with E-state index >= 15 is 0 Å². The Bertz CT molecular complexity index is 1070. The molecule has 0 spiro atoms. The standard InChI is InChI=1S/C23H22N4O3/c1-15(28)26-19-11-6-12-20(14-19)30-21(16-7-3-2-4-8-16)23(29)27-18-10-5-9-17(13-18)22(24)25/h2-14,21H,1H3,(H3,24,25)(H,26,28)(H,27,29). The first kappa shape index (κ1) is 20.6. The summed E-state index contributed by atoms with van der Waals surface area (Å²) in [4.78, 5) is 24.4. The zero-order valence-corrected chi connectivity index (χ0v) is 16.4. The lowest BCUT2D eigenvalue weighted by Gasteiger charge is -2.20. The van der Waals surface area contributed by atoms with Crippen molar-refractivity contribution in [3.8, 4) is 5.75 Å². The van der Waals surface area contributed by atoms with Gasteiger partial charge in [0.05, 0.1) is 0 Å². The van der Waals surface area contributed by atoms with Gasteiger partial charge in [-0.2, -0.15) is 0 Å². The Hall–Kier alpha value is -4.13. The van der Waals surface area contributed by atoms with Crippen molar-refractivity contribution in [2.24, 2.45) is 5.73 Å². The molecule has 0 saturated heterocycles. The smallest absolute Gasteiger partial charge is 0.270 e.